The number of nitrogens with one attached hydrogen (secondary N) is 1. The zero-order valence-corrected chi connectivity index (χ0v) is 11.1. The van der Waals surface area contributed by atoms with Crippen molar-refractivity contribution in [1.29, 1.82) is 0 Å². The van der Waals surface area contributed by atoms with Gasteiger partial charge in [0.05, 0.1) is 11.4 Å². The fraction of sp³-hybridized carbons (Fsp3) is 0.571. The van der Waals surface area contributed by atoms with Crippen LogP contribution in [-0.2, 0) is 0 Å². The Balaban J connectivity index is 1.85. The predicted molar refractivity (Wildman–Crippen MR) is 75.5 cm³/mol. The molecule has 2 rings (SSSR count). The quantitative estimate of drug-likeness (QED) is 0.793. The first-order valence-electron chi connectivity index (χ1n) is 6.44. The summed E-state index contributed by atoms with van der Waals surface area (Å²) in [5.74, 6) is 1.70. The molecule has 0 bridgehead atoms. The molecule has 0 amide bonds. The van der Waals surface area contributed by atoms with E-state index >= 15 is 0 Å². The van der Waals surface area contributed by atoms with Crippen LogP contribution in [0.1, 0.15) is 32.6 Å². The first-order chi connectivity index (χ1) is 8.15. The molecule has 0 aliphatic heterocycles. The number of rotatable bonds is 3. The van der Waals surface area contributed by atoms with Crippen molar-refractivity contribution in [3.05, 3.63) is 23.2 Å². The fourth-order valence-corrected chi connectivity index (χ4v) is 2.66. The monoisotopic (exact) mass is 252 g/mol. The summed E-state index contributed by atoms with van der Waals surface area (Å²) in [6.07, 6.45) is 5.40. The molecule has 0 heterocycles. The van der Waals surface area contributed by atoms with Crippen LogP contribution in [0.15, 0.2) is 18.2 Å². The van der Waals surface area contributed by atoms with Crippen LogP contribution in [-0.4, -0.2) is 6.54 Å². The average Bonchev–Trinajstić information content (AvgIpc) is 2.30. The van der Waals surface area contributed by atoms with Crippen LogP contribution in [0.3, 0.4) is 0 Å². The molecule has 1 aromatic carbocycles. The molecule has 3 N–H and O–H groups in total. The average molecular weight is 253 g/mol. The molecule has 1 aliphatic carbocycles. The SMILES string of the molecule is CC1CCC(CNc2ccc(Cl)cc2N)CC1. The molecular formula is C14H21ClN2. The highest BCUT2D eigenvalue weighted by Gasteiger charge is 2.17. The van der Waals surface area contributed by atoms with Gasteiger partial charge < -0.3 is 11.1 Å². The predicted octanol–water partition coefficient (Wildman–Crippen LogP) is 4.16. The minimum absolute atomic E-state index is 0.694. The van der Waals surface area contributed by atoms with E-state index in [2.05, 4.69) is 12.2 Å². The number of benzene rings is 1. The van der Waals surface area contributed by atoms with Gasteiger partial charge in [0.2, 0.25) is 0 Å². The van der Waals surface area contributed by atoms with Crippen LogP contribution < -0.4 is 11.1 Å². The third-order valence-corrected chi connectivity index (χ3v) is 3.97. The summed E-state index contributed by atoms with van der Waals surface area (Å²) in [4.78, 5) is 0. The molecule has 0 spiro atoms. The van der Waals surface area contributed by atoms with Gasteiger partial charge in [0, 0.05) is 11.6 Å². The second kappa shape index (κ2) is 5.63. The van der Waals surface area contributed by atoms with Crippen LogP contribution in [0, 0.1) is 11.8 Å². The zero-order valence-electron chi connectivity index (χ0n) is 10.4. The van der Waals surface area contributed by atoms with E-state index in [0.29, 0.717) is 5.02 Å². The van der Waals surface area contributed by atoms with E-state index in [-0.39, 0.29) is 0 Å². The van der Waals surface area contributed by atoms with Crippen LogP contribution >= 0.6 is 11.6 Å². The van der Waals surface area contributed by atoms with E-state index in [1.807, 2.05) is 12.1 Å². The highest BCUT2D eigenvalue weighted by molar-refractivity contribution is 6.31. The molecule has 0 atom stereocenters. The summed E-state index contributed by atoms with van der Waals surface area (Å²) in [5, 5.41) is 4.14. The molecule has 1 aromatic rings. The second-order valence-electron chi connectivity index (χ2n) is 5.24. The number of hydrogen-bond donors (Lipinski definition) is 2. The third-order valence-electron chi connectivity index (χ3n) is 3.73. The molecule has 0 radical (unpaired) electrons. The van der Waals surface area contributed by atoms with E-state index in [9.17, 15) is 0 Å². The van der Waals surface area contributed by atoms with Crippen LogP contribution in [0.4, 0.5) is 11.4 Å². The second-order valence-corrected chi connectivity index (χ2v) is 5.67. The van der Waals surface area contributed by atoms with E-state index in [4.69, 9.17) is 17.3 Å². The highest BCUT2D eigenvalue weighted by Crippen LogP contribution is 2.29. The lowest BCUT2D eigenvalue weighted by molar-refractivity contribution is 0.300. The Bertz CT molecular complexity index is 370. The number of nitrogens with two attached hydrogens (primary N) is 1. The lowest BCUT2D eigenvalue weighted by atomic mass is 9.83. The van der Waals surface area contributed by atoms with Gasteiger partial charge in [-0.1, -0.05) is 31.4 Å². The summed E-state index contributed by atoms with van der Waals surface area (Å²) in [5.41, 5.74) is 7.66. The number of halogens is 1. The largest absolute Gasteiger partial charge is 0.397 e. The molecule has 0 unspecified atom stereocenters. The summed E-state index contributed by atoms with van der Waals surface area (Å²) >= 11 is 5.87. The number of hydrogen-bond acceptors (Lipinski definition) is 2. The van der Waals surface area contributed by atoms with Crippen LogP contribution in [0.25, 0.3) is 0 Å². The van der Waals surface area contributed by atoms with Crippen molar-refractivity contribution in [2.75, 3.05) is 17.6 Å². The molecule has 0 aromatic heterocycles. The molecule has 94 valence electrons. The fourth-order valence-electron chi connectivity index (χ4n) is 2.48. The van der Waals surface area contributed by atoms with Crippen molar-refractivity contribution in [1.82, 2.24) is 0 Å². The van der Waals surface area contributed by atoms with Gasteiger partial charge in [-0.3, -0.25) is 0 Å². The summed E-state index contributed by atoms with van der Waals surface area (Å²) in [6, 6.07) is 5.64. The summed E-state index contributed by atoms with van der Waals surface area (Å²) < 4.78 is 0. The van der Waals surface area contributed by atoms with Gasteiger partial charge in [-0.15, -0.1) is 0 Å². The lowest BCUT2D eigenvalue weighted by Gasteiger charge is -2.26. The van der Waals surface area contributed by atoms with E-state index < -0.39 is 0 Å². The molecule has 2 nitrogen and oxygen atoms in total. The van der Waals surface area contributed by atoms with E-state index in [1.165, 1.54) is 25.7 Å². The number of anilines is 2. The zero-order chi connectivity index (χ0) is 12.3. The molecule has 17 heavy (non-hydrogen) atoms. The van der Waals surface area contributed by atoms with Crippen molar-refractivity contribution < 1.29 is 0 Å². The maximum absolute atomic E-state index is 5.91. The van der Waals surface area contributed by atoms with Crippen molar-refractivity contribution in [2.45, 2.75) is 32.6 Å². The van der Waals surface area contributed by atoms with Gasteiger partial charge in [-0.05, 0) is 42.9 Å². The van der Waals surface area contributed by atoms with E-state index in [0.717, 1.165) is 29.8 Å². The smallest absolute Gasteiger partial charge is 0.0575 e. The Hall–Kier alpha value is -0.890. The first kappa shape index (κ1) is 12.6. The number of nitrogen functional groups attached to an aromatic ring is 1. The topological polar surface area (TPSA) is 38.0 Å². The van der Waals surface area contributed by atoms with Crippen LogP contribution in [0.5, 0.6) is 0 Å². The maximum Gasteiger partial charge on any atom is 0.0575 e. The third kappa shape index (κ3) is 3.53. The standard InChI is InChI=1S/C14H21ClN2/c1-10-2-4-11(5-3-10)9-17-14-7-6-12(15)8-13(14)16/h6-8,10-11,17H,2-5,9,16H2,1H3. The Morgan fingerprint density at radius 1 is 1.29 bits per heavy atom. The molecule has 1 saturated carbocycles. The van der Waals surface area contributed by atoms with Crippen molar-refractivity contribution in [2.24, 2.45) is 11.8 Å². The Morgan fingerprint density at radius 2 is 2.00 bits per heavy atom. The highest BCUT2D eigenvalue weighted by atomic mass is 35.5. The Labute approximate surface area is 109 Å². The van der Waals surface area contributed by atoms with E-state index in [1.54, 1.807) is 6.07 Å². The first-order valence-corrected chi connectivity index (χ1v) is 6.82. The molecule has 0 saturated heterocycles. The molecule has 3 heteroatoms. The van der Waals surface area contributed by atoms with Crippen molar-refractivity contribution in [3.63, 3.8) is 0 Å². The summed E-state index contributed by atoms with van der Waals surface area (Å²) in [6.45, 7) is 3.37. The van der Waals surface area contributed by atoms with Gasteiger partial charge in [0.15, 0.2) is 0 Å². The molecule has 1 aliphatic rings. The minimum atomic E-state index is 0.694. The van der Waals surface area contributed by atoms with Crippen molar-refractivity contribution >= 4 is 23.0 Å². The van der Waals surface area contributed by atoms with Gasteiger partial charge in [-0.2, -0.15) is 0 Å². The Kier molecular flexibility index (Phi) is 4.16. The molecule has 1 fully saturated rings. The normalized spacial score (nSPS) is 24.6. The van der Waals surface area contributed by atoms with Gasteiger partial charge in [-0.25, -0.2) is 0 Å². The van der Waals surface area contributed by atoms with Gasteiger partial charge >= 0.3 is 0 Å². The lowest BCUT2D eigenvalue weighted by Crippen LogP contribution is -2.20. The van der Waals surface area contributed by atoms with Crippen molar-refractivity contribution in [3.8, 4) is 0 Å². The Morgan fingerprint density at radius 3 is 2.65 bits per heavy atom. The molecular weight excluding hydrogens is 232 g/mol. The minimum Gasteiger partial charge on any atom is -0.397 e. The van der Waals surface area contributed by atoms with Gasteiger partial charge in [0.25, 0.3) is 0 Å². The summed E-state index contributed by atoms with van der Waals surface area (Å²) in [7, 11) is 0. The van der Waals surface area contributed by atoms with Gasteiger partial charge in [0.1, 0.15) is 0 Å². The van der Waals surface area contributed by atoms with Crippen LogP contribution in [0.2, 0.25) is 5.02 Å². The maximum atomic E-state index is 5.91.